The summed E-state index contributed by atoms with van der Waals surface area (Å²) < 4.78 is 34.9. The van der Waals surface area contributed by atoms with Crippen LogP contribution in [-0.2, 0) is 21.5 Å². The van der Waals surface area contributed by atoms with E-state index in [0.717, 1.165) is 31.2 Å². The van der Waals surface area contributed by atoms with Crippen molar-refractivity contribution in [2.45, 2.75) is 39.2 Å². The van der Waals surface area contributed by atoms with Gasteiger partial charge in [-0.2, -0.15) is 17.0 Å². The first kappa shape index (κ1) is 20.6. The highest BCUT2D eigenvalue weighted by molar-refractivity contribution is 7.86. The minimum absolute atomic E-state index is 0.275. The van der Waals surface area contributed by atoms with Gasteiger partial charge in [-0.1, -0.05) is 37.1 Å². The molecule has 0 aliphatic carbocycles. The van der Waals surface area contributed by atoms with Crippen LogP contribution >= 0.6 is 11.6 Å². The molecule has 2 rings (SSSR count). The second-order valence-corrected chi connectivity index (χ2v) is 9.01. The van der Waals surface area contributed by atoms with E-state index in [1.165, 1.54) is 0 Å². The molecule has 25 heavy (non-hydrogen) atoms. The molecule has 1 aromatic rings. The zero-order valence-electron chi connectivity index (χ0n) is 15.2. The van der Waals surface area contributed by atoms with Crippen molar-refractivity contribution in [3.05, 3.63) is 34.9 Å². The van der Waals surface area contributed by atoms with Gasteiger partial charge in [0.25, 0.3) is 10.2 Å². The monoisotopic (exact) mass is 388 g/mol. The number of hydrogen-bond donors (Lipinski definition) is 0. The van der Waals surface area contributed by atoms with Gasteiger partial charge in [-0.15, -0.1) is 0 Å². The summed E-state index contributed by atoms with van der Waals surface area (Å²) in [6.45, 7) is 4.73. The molecule has 7 heteroatoms. The summed E-state index contributed by atoms with van der Waals surface area (Å²) in [5.74, 6) is 0.275. The fraction of sp³-hybridized carbons (Fsp3) is 0.667. The number of benzene rings is 1. The summed E-state index contributed by atoms with van der Waals surface area (Å²) in [5, 5.41) is 0.658. The van der Waals surface area contributed by atoms with Gasteiger partial charge in [-0.05, 0) is 42.9 Å². The molecule has 1 aliphatic heterocycles. The molecule has 0 saturated carbocycles. The van der Waals surface area contributed by atoms with E-state index < -0.39 is 10.2 Å². The Balaban J connectivity index is 2.14. The molecule has 142 valence electrons. The van der Waals surface area contributed by atoms with Crippen LogP contribution in [0, 0.1) is 5.92 Å². The van der Waals surface area contributed by atoms with Gasteiger partial charge in [-0.3, -0.25) is 0 Å². The van der Waals surface area contributed by atoms with Gasteiger partial charge in [0.15, 0.2) is 0 Å². The molecule has 1 aliphatic rings. The van der Waals surface area contributed by atoms with Crippen LogP contribution < -0.4 is 0 Å². The van der Waals surface area contributed by atoms with Gasteiger partial charge in [0.1, 0.15) is 0 Å². The summed E-state index contributed by atoms with van der Waals surface area (Å²) in [7, 11) is -1.81. The topological polar surface area (TPSA) is 49.9 Å². The number of hydrogen-bond acceptors (Lipinski definition) is 3. The van der Waals surface area contributed by atoms with E-state index in [9.17, 15) is 8.42 Å². The van der Waals surface area contributed by atoms with Crippen LogP contribution in [0.15, 0.2) is 24.3 Å². The van der Waals surface area contributed by atoms with Crippen LogP contribution in [0.2, 0.25) is 5.02 Å². The van der Waals surface area contributed by atoms with Gasteiger partial charge in [-0.25, -0.2) is 0 Å². The summed E-state index contributed by atoms with van der Waals surface area (Å²) >= 11 is 5.94. The summed E-state index contributed by atoms with van der Waals surface area (Å²) in [4.78, 5) is 0. The van der Waals surface area contributed by atoms with Gasteiger partial charge in [0, 0.05) is 38.3 Å². The second kappa shape index (κ2) is 9.88. The molecule has 1 saturated heterocycles. The smallest absolute Gasteiger partial charge is 0.282 e. The Kier molecular flexibility index (Phi) is 8.16. The fourth-order valence-corrected chi connectivity index (χ4v) is 5.06. The highest BCUT2D eigenvalue weighted by atomic mass is 35.5. The Morgan fingerprint density at radius 2 is 2.04 bits per heavy atom. The van der Waals surface area contributed by atoms with Crippen LogP contribution in [0.1, 0.15) is 38.2 Å². The van der Waals surface area contributed by atoms with Crippen molar-refractivity contribution < 1.29 is 13.2 Å². The zero-order valence-corrected chi connectivity index (χ0v) is 16.7. The number of rotatable bonds is 9. The number of methoxy groups -OCH3 is 1. The Morgan fingerprint density at radius 1 is 1.32 bits per heavy atom. The summed E-state index contributed by atoms with van der Waals surface area (Å²) in [5.41, 5.74) is 0.953. The Labute approximate surface area is 157 Å². The number of halogens is 1. The zero-order chi connectivity index (χ0) is 18.3. The maximum Gasteiger partial charge on any atom is 0.282 e. The lowest BCUT2D eigenvalue weighted by Gasteiger charge is -2.35. The number of nitrogens with zero attached hydrogens (tertiary/aromatic N) is 2. The van der Waals surface area contributed by atoms with Crippen LogP contribution in [0.25, 0.3) is 0 Å². The van der Waals surface area contributed by atoms with E-state index in [4.69, 9.17) is 16.3 Å². The molecular weight excluding hydrogens is 360 g/mol. The molecular formula is C18H29ClN2O3S. The van der Waals surface area contributed by atoms with Crippen LogP contribution in [0.4, 0.5) is 0 Å². The Morgan fingerprint density at radius 3 is 2.68 bits per heavy atom. The normalized spacial score (nSPS) is 19.4. The van der Waals surface area contributed by atoms with Gasteiger partial charge in [0.2, 0.25) is 0 Å². The number of ether oxygens (including phenoxy) is 1. The van der Waals surface area contributed by atoms with Crippen molar-refractivity contribution in [1.29, 1.82) is 0 Å². The SMILES string of the molecule is CCCCN(Cc1ccc(Cl)cc1)S(=O)(=O)N1CCCC(COC)C1. The number of piperidine rings is 1. The summed E-state index contributed by atoms with van der Waals surface area (Å²) in [6.07, 6.45) is 3.71. The van der Waals surface area contributed by atoms with Crippen molar-refractivity contribution >= 4 is 21.8 Å². The third-order valence-electron chi connectivity index (χ3n) is 4.57. The minimum atomic E-state index is -3.48. The molecule has 0 aromatic heterocycles. The van der Waals surface area contributed by atoms with Crippen molar-refractivity contribution in [2.24, 2.45) is 5.92 Å². The average Bonchev–Trinajstić information content (AvgIpc) is 2.60. The van der Waals surface area contributed by atoms with Crippen molar-refractivity contribution in [1.82, 2.24) is 8.61 Å². The Hall–Kier alpha value is -0.660. The second-order valence-electron chi connectivity index (χ2n) is 6.64. The van der Waals surface area contributed by atoms with E-state index in [-0.39, 0.29) is 5.92 Å². The fourth-order valence-electron chi connectivity index (χ4n) is 3.18. The van der Waals surface area contributed by atoms with E-state index >= 15 is 0 Å². The molecule has 0 radical (unpaired) electrons. The van der Waals surface area contributed by atoms with E-state index in [2.05, 4.69) is 6.92 Å². The predicted molar refractivity (Wildman–Crippen MR) is 102 cm³/mol. The lowest BCUT2D eigenvalue weighted by molar-refractivity contribution is 0.116. The molecule has 0 N–H and O–H groups in total. The average molecular weight is 389 g/mol. The highest BCUT2D eigenvalue weighted by Crippen LogP contribution is 2.23. The van der Waals surface area contributed by atoms with E-state index in [1.54, 1.807) is 27.9 Å². The predicted octanol–water partition coefficient (Wildman–Crippen LogP) is 3.55. The van der Waals surface area contributed by atoms with Crippen LogP contribution in [-0.4, -0.2) is 50.4 Å². The van der Waals surface area contributed by atoms with Gasteiger partial charge in [0.05, 0.1) is 6.61 Å². The van der Waals surface area contributed by atoms with Crippen molar-refractivity contribution in [2.75, 3.05) is 33.4 Å². The minimum Gasteiger partial charge on any atom is -0.384 e. The third kappa shape index (κ3) is 5.93. The lowest BCUT2D eigenvalue weighted by Crippen LogP contribution is -2.48. The number of unbranched alkanes of at least 4 members (excludes halogenated alkanes) is 1. The highest BCUT2D eigenvalue weighted by Gasteiger charge is 2.33. The van der Waals surface area contributed by atoms with Gasteiger partial charge < -0.3 is 4.74 Å². The first-order chi connectivity index (χ1) is 12.0. The quantitative estimate of drug-likeness (QED) is 0.650. The third-order valence-corrected chi connectivity index (χ3v) is 6.77. The first-order valence-electron chi connectivity index (χ1n) is 8.96. The molecule has 1 fully saturated rings. The lowest BCUT2D eigenvalue weighted by atomic mass is 10.0. The maximum absolute atomic E-state index is 13.2. The molecule has 0 amide bonds. The van der Waals surface area contributed by atoms with E-state index in [0.29, 0.717) is 37.8 Å². The van der Waals surface area contributed by atoms with Crippen LogP contribution in [0.5, 0.6) is 0 Å². The van der Waals surface area contributed by atoms with Gasteiger partial charge >= 0.3 is 0 Å². The first-order valence-corrected chi connectivity index (χ1v) is 10.7. The molecule has 1 aromatic carbocycles. The van der Waals surface area contributed by atoms with E-state index in [1.807, 2.05) is 12.1 Å². The molecule has 1 atom stereocenters. The molecule has 1 unspecified atom stereocenters. The largest absolute Gasteiger partial charge is 0.384 e. The molecule has 0 spiro atoms. The Bertz CT molecular complexity index is 620. The standard InChI is InChI=1S/C18H29ClN2O3S/c1-3-4-11-20(13-16-7-9-18(19)10-8-16)25(22,23)21-12-5-6-17(14-21)15-24-2/h7-10,17H,3-6,11-15H2,1-2H3. The molecule has 5 nitrogen and oxygen atoms in total. The van der Waals surface area contributed by atoms with Crippen molar-refractivity contribution in [3.8, 4) is 0 Å². The molecule has 1 heterocycles. The summed E-state index contributed by atoms with van der Waals surface area (Å²) in [6, 6.07) is 7.38. The maximum atomic E-state index is 13.2. The van der Waals surface area contributed by atoms with Crippen LogP contribution in [0.3, 0.4) is 0 Å². The molecule has 0 bridgehead atoms. The van der Waals surface area contributed by atoms with Crippen molar-refractivity contribution in [3.63, 3.8) is 0 Å².